The number of benzene rings is 4. The third kappa shape index (κ3) is 7.26. The van der Waals surface area contributed by atoms with Gasteiger partial charge >= 0.3 is 6.09 Å². The standard InChI is InChI=1S/C39H36N2O6S/c1-39(2,3)47-38(44)40-22-24-5-10-29(11-6-24)41-37(43)33-20-34-35(46-17-15-26-16-18-48-36(26)34)21-32(33)31-14-9-27(19-28(31)23-42)25-7-12-30(45-4)13-8-25/h5-14,16,18-21,23H,15,17,22H2,1-4H3,(H,40,44)(H,41,43). The second-order valence-electron chi connectivity index (χ2n) is 12.4. The number of methoxy groups -OCH3 is 1. The maximum atomic E-state index is 14.1. The summed E-state index contributed by atoms with van der Waals surface area (Å²) in [6.07, 6.45) is 1.08. The molecule has 0 fully saturated rings. The Morgan fingerprint density at radius 1 is 0.896 bits per heavy atom. The molecule has 2 N–H and O–H groups in total. The van der Waals surface area contributed by atoms with Gasteiger partial charge in [0.05, 0.1) is 13.7 Å². The smallest absolute Gasteiger partial charge is 0.407 e. The molecule has 0 atom stereocenters. The van der Waals surface area contributed by atoms with E-state index in [1.54, 1.807) is 30.6 Å². The second-order valence-corrected chi connectivity index (χ2v) is 13.3. The van der Waals surface area contributed by atoms with Crippen LogP contribution in [-0.4, -0.2) is 37.6 Å². The largest absolute Gasteiger partial charge is 0.497 e. The number of fused-ring (bicyclic) bond motifs is 3. The minimum Gasteiger partial charge on any atom is -0.497 e. The van der Waals surface area contributed by atoms with Crippen molar-refractivity contribution in [3.05, 3.63) is 113 Å². The van der Waals surface area contributed by atoms with Crippen LogP contribution in [0.5, 0.6) is 11.5 Å². The fourth-order valence-electron chi connectivity index (χ4n) is 5.59. The fraction of sp³-hybridized carbons (Fsp3) is 0.205. The number of aldehydes is 1. The number of ether oxygens (including phenoxy) is 3. The first-order valence-corrected chi connectivity index (χ1v) is 16.5. The molecule has 0 unspecified atom stereocenters. The van der Waals surface area contributed by atoms with Crippen LogP contribution in [0, 0.1) is 0 Å². The number of carbonyl (C=O) groups excluding carboxylic acids is 3. The van der Waals surface area contributed by atoms with Crippen molar-refractivity contribution >= 4 is 35.3 Å². The Hall–Kier alpha value is -5.41. The van der Waals surface area contributed by atoms with Gasteiger partial charge in [0.15, 0.2) is 6.29 Å². The zero-order valence-corrected chi connectivity index (χ0v) is 28.0. The van der Waals surface area contributed by atoms with Gasteiger partial charge < -0.3 is 24.8 Å². The molecule has 2 amide bonds. The molecule has 9 heteroatoms. The Balaban J connectivity index is 1.34. The molecule has 1 aliphatic rings. The minimum absolute atomic E-state index is 0.280. The maximum absolute atomic E-state index is 14.1. The van der Waals surface area contributed by atoms with Crippen LogP contribution in [0.4, 0.5) is 10.5 Å². The molecule has 244 valence electrons. The molecule has 0 aliphatic carbocycles. The molecule has 8 nitrogen and oxygen atoms in total. The topological polar surface area (TPSA) is 103 Å². The first-order valence-electron chi connectivity index (χ1n) is 15.6. The number of rotatable bonds is 8. The zero-order chi connectivity index (χ0) is 33.8. The molecule has 4 aromatic carbocycles. The molecule has 2 heterocycles. The normalized spacial score (nSPS) is 12.1. The van der Waals surface area contributed by atoms with Crippen molar-refractivity contribution in [2.75, 3.05) is 19.0 Å². The van der Waals surface area contributed by atoms with E-state index in [0.29, 0.717) is 40.3 Å². The highest BCUT2D eigenvalue weighted by Gasteiger charge is 2.24. The van der Waals surface area contributed by atoms with Crippen LogP contribution in [-0.2, 0) is 17.7 Å². The van der Waals surface area contributed by atoms with Crippen molar-refractivity contribution < 1.29 is 28.6 Å². The third-order valence-electron chi connectivity index (χ3n) is 7.92. The molecule has 0 bridgehead atoms. The predicted octanol–water partition coefficient (Wildman–Crippen LogP) is 8.78. The van der Waals surface area contributed by atoms with Crippen LogP contribution in [0.25, 0.3) is 32.7 Å². The van der Waals surface area contributed by atoms with E-state index in [2.05, 4.69) is 22.1 Å². The fourth-order valence-corrected chi connectivity index (χ4v) is 6.56. The zero-order valence-electron chi connectivity index (χ0n) is 27.2. The van der Waals surface area contributed by atoms with Gasteiger partial charge in [0, 0.05) is 40.2 Å². The van der Waals surface area contributed by atoms with Crippen molar-refractivity contribution in [1.82, 2.24) is 5.32 Å². The highest BCUT2D eigenvalue weighted by Crippen LogP contribution is 2.43. The van der Waals surface area contributed by atoms with Crippen molar-refractivity contribution in [1.29, 1.82) is 0 Å². The molecule has 48 heavy (non-hydrogen) atoms. The Morgan fingerprint density at radius 2 is 1.65 bits per heavy atom. The van der Waals surface area contributed by atoms with Crippen LogP contribution in [0.15, 0.2) is 90.3 Å². The lowest BCUT2D eigenvalue weighted by Crippen LogP contribution is -2.32. The highest BCUT2D eigenvalue weighted by molar-refractivity contribution is 7.13. The Kier molecular flexibility index (Phi) is 9.32. The quantitative estimate of drug-likeness (QED) is 0.161. The number of hydrogen-bond donors (Lipinski definition) is 2. The van der Waals surface area contributed by atoms with Gasteiger partial charge in [-0.2, -0.15) is 0 Å². The number of anilines is 1. The summed E-state index contributed by atoms with van der Waals surface area (Å²) in [6.45, 7) is 6.21. The van der Waals surface area contributed by atoms with Crippen LogP contribution in [0.2, 0.25) is 0 Å². The van der Waals surface area contributed by atoms with E-state index < -0.39 is 11.7 Å². The summed E-state index contributed by atoms with van der Waals surface area (Å²) < 4.78 is 16.8. The van der Waals surface area contributed by atoms with E-state index in [0.717, 1.165) is 45.6 Å². The summed E-state index contributed by atoms with van der Waals surface area (Å²) in [7, 11) is 1.62. The molecular weight excluding hydrogens is 625 g/mol. The average Bonchev–Trinajstić information content (AvgIpc) is 3.48. The maximum Gasteiger partial charge on any atom is 0.407 e. The number of alkyl carbamates (subject to hydrolysis) is 1. The summed E-state index contributed by atoms with van der Waals surface area (Å²) in [5, 5.41) is 7.82. The van der Waals surface area contributed by atoms with Gasteiger partial charge in [-0.3, -0.25) is 9.59 Å². The summed E-state index contributed by atoms with van der Waals surface area (Å²) >= 11 is 1.61. The van der Waals surface area contributed by atoms with E-state index in [-0.39, 0.29) is 12.5 Å². The van der Waals surface area contributed by atoms with Crippen molar-refractivity contribution in [3.63, 3.8) is 0 Å². The van der Waals surface area contributed by atoms with Gasteiger partial charge in [0.2, 0.25) is 0 Å². The van der Waals surface area contributed by atoms with Gasteiger partial charge in [-0.15, -0.1) is 11.3 Å². The van der Waals surface area contributed by atoms with E-state index in [1.807, 2.05) is 87.5 Å². The Labute approximate surface area is 283 Å². The summed E-state index contributed by atoms with van der Waals surface area (Å²) in [6, 6.07) is 26.4. The molecular formula is C39H36N2O6S. The summed E-state index contributed by atoms with van der Waals surface area (Å²) in [5.41, 5.74) is 6.73. The van der Waals surface area contributed by atoms with Gasteiger partial charge in [-0.1, -0.05) is 36.4 Å². The molecule has 6 rings (SSSR count). The number of hydrogen-bond acceptors (Lipinski definition) is 7. The highest BCUT2D eigenvalue weighted by atomic mass is 32.1. The lowest BCUT2D eigenvalue weighted by Gasteiger charge is -2.19. The van der Waals surface area contributed by atoms with Crippen molar-refractivity contribution in [2.45, 2.75) is 39.3 Å². The first-order chi connectivity index (χ1) is 23.1. The SMILES string of the molecule is COc1ccc(-c2ccc(-c3cc4c(cc3C(=O)Nc3ccc(CNC(=O)OC(C)(C)C)cc3)-c3sccc3CCO4)c(C=O)c2)cc1. The number of carbonyl (C=O) groups is 3. The lowest BCUT2D eigenvalue weighted by molar-refractivity contribution is 0.0523. The van der Waals surface area contributed by atoms with E-state index in [1.165, 1.54) is 5.56 Å². The number of amides is 2. The molecule has 5 aromatic rings. The summed E-state index contributed by atoms with van der Waals surface area (Å²) in [5.74, 6) is 1.08. The lowest BCUT2D eigenvalue weighted by atomic mass is 9.90. The summed E-state index contributed by atoms with van der Waals surface area (Å²) in [4.78, 5) is 39.8. The van der Waals surface area contributed by atoms with E-state index in [4.69, 9.17) is 14.2 Å². The monoisotopic (exact) mass is 660 g/mol. The Morgan fingerprint density at radius 3 is 2.35 bits per heavy atom. The van der Waals surface area contributed by atoms with Crippen molar-refractivity contribution in [3.8, 4) is 44.2 Å². The predicted molar refractivity (Wildman–Crippen MR) is 189 cm³/mol. The molecule has 0 saturated heterocycles. The molecule has 0 spiro atoms. The number of nitrogens with one attached hydrogen (secondary N) is 2. The first kappa shape index (κ1) is 32.5. The van der Waals surface area contributed by atoms with Gasteiger partial charge in [-0.05, 0) is 108 Å². The van der Waals surface area contributed by atoms with Crippen LogP contribution < -0.4 is 20.1 Å². The Bertz CT molecular complexity index is 1970. The van der Waals surface area contributed by atoms with Crippen LogP contribution >= 0.6 is 11.3 Å². The van der Waals surface area contributed by atoms with Crippen molar-refractivity contribution in [2.24, 2.45) is 0 Å². The third-order valence-corrected chi connectivity index (χ3v) is 8.91. The minimum atomic E-state index is -0.588. The van der Waals surface area contributed by atoms with E-state index >= 15 is 0 Å². The van der Waals surface area contributed by atoms with Gasteiger partial charge in [0.1, 0.15) is 17.1 Å². The molecule has 0 radical (unpaired) electrons. The molecule has 0 saturated carbocycles. The van der Waals surface area contributed by atoms with Crippen LogP contribution in [0.1, 0.15) is 52.6 Å². The van der Waals surface area contributed by atoms with Gasteiger partial charge in [0.25, 0.3) is 5.91 Å². The second kappa shape index (κ2) is 13.8. The van der Waals surface area contributed by atoms with Crippen LogP contribution in [0.3, 0.4) is 0 Å². The van der Waals surface area contributed by atoms with Gasteiger partial charge in [-0.25, -0.2) is 4.79 Å². The molecule has 1 aliphatic heterocycles. The average molecular weight is 661 g/mol. The number of thiophene rings is 1. The molecule has 1 aromatic heterocycles. The van der Waals surface area contributed by atoms with E-state index in [9.17, 15) is 14.4 Å².